The van der Waals surface area contributed by atoms with Gasteiger partial charge in [0.15, 0.2) is 0 Å². The first-order chi connectivity index (χ1) is 0. The summed E-state index contributed by atoms with van der Waals surface area (Å²) in [6, 6.07) is 0. The molecule has 0 unspecified atom stereocenters. The quantitative estimate of drug-likeness (QED) is 0.440. The van der Waals surface area contributed by atoms with E-state index in [4.69, 9.17) is 0 Å². The molecular formula is Cd3In. The zero-order chi connectivity index (χ0) is 0. The Bertz CT molecular complexity index is 3.25. The predicted molar refractivity (Wildman–Crippen MR) is 5.75 cm³/mol. The third kappa shape index (κ3) is 9.16. The Kier molecular flexibility index (Phi) is 101. The van der Waals surface area contributed by atoms with E-state index in [1.807, 2.05) is 0 Å². The van der Waals surface area contributed by atoms with Crippen LogP contribution in [0.15, 0.2) is 0 Å². The van der Waals surface area contributed by atoms with Crippen LogP contribution in [0.25, 0.3) is 0 Å². The topological polar surface area (TPSA) is 0 Å². The Morgan fingerprint density at radius 3 is 0.500 bits per heavy atom. The van der Waals surface area contributed by atoms with Crippen molar-refractivity contribution in [3.8, 4) is 0 Å². The minimum atomic E-state index is 0. The second-order valence-electron chi connectivity index (χ2n) is 0. The molecule has 9 valence electrons. The van der Waals surface area contributed by atoms with Crippen molar-refractivity contribution in [3.63, 3.8) is 0 Å². The third-order valence-electron chi connectivity index (χ3n) is 0. The Morgan fingerprint density at radius 2 is 0.500 bits per heavy atom. The number of hydrogen-bond donors (Lipinski definition) is 0. The van der Waals surface area contributed by atoms with Gasteiger partial charge in [-0.3, -0.25) is 0 Å². The van der Waals surface area contributed by atoms with Gasteiger partial charge in [-0.1, -0.05) is 0 Å². The van der Waals surface area contributed by atoms with Gasteiger partial charge in [-0.25, -0.2) is 0 Å². The molecule has 0 nitrogen and oxygen atoms in total. The monoisotopic (exact) mass is 457 g/mol. The van der Waals surface area contributed by atoms with Gasteiger partial charge in [0.2, 0.25) is 0 Å². The Hall–Kier alpha value is 3.64. The molecule has 0 spiro atoms. The molecule has 0 aliphatic heterocycles. The fraction of sp³-hybridized carbons (Fsp3) is 0. The fourth-order valence-corrected chi connectivity index (χ4v) is 0. The van der Waals surface area contributed by atoms with E-state index >= 15 is 0 Å². The van der Waals surface area contributed by atoms with Gasteiger partial charge < -0.3 is 0 Å². The summed E-state index contributed by atoms with van der Waals surface area (Å²) in [6.07, 6.45) is 0. The Balaban J connectivity index is 0. The summed E-state index contributed by atoms with van der Waals surface area (Å²) in [6.45, 7) is 0. The van der Waals surface area contributed by atoms with E-state index in [1.165, 1.54) is 0 Å². The van der Waals surface area contributed by atoms with Crippen molar-refractivity contribution in [2.24, 2.45) is 0 Å². The van der Waals surface area contributed by atoms with E-state index in [2.05, 4.69) is 0 Å². The third-order valence-corrected chi connectivity index (χ3v) is 0. The normalized spacial score (nSPS) is 0. The van der Waals surface area contributed by atoms with Crippen LogP contribution in [0.1, 0.15) is 0 Å². The molecule has 0 aliphatic carbocycles. The minimum Gasteiger partial charge on any atom is 0 e. The molecule has 0 bridgehead atoms. The molecule has 0 heterocycles. The van der Waals surface area contributed by atoms with E-state index in [1.54, 1.807) is 0 Å². The average molecular weight is 452 g/mol. The van der Waals surface area contributed by atoms with Gasteiger partial charge in [-0.05, 0) is 0 Å². The zero-order valence-electron chi connectivity index (χ0n) is 2.70. The number of hydrogen-bond acceptors (Lipinski definition) is 0. The zero-order valence-corrected chi connectivity index (χ0v) is 18.1. The van der Waals surface area contributed by atoms with E-state index in [0.717, 1.165) is 0 Å². The molecule has 3 radical (unpaired) electrons. The van der Waals surface area contributed by atoms with Gasteiger partial charge in [-0.2, -0.15) is 0 Å². The van der Waals surface area contributed by atoms with Gasteiger partial charge in [0.05, 0.1) is 0 Å². The molecule has 0 saturated carbocycles. The van der Waals surface area contributed by atoms with Crippen molar-refractivity contribution in [3.05, 3.63) is 0 Å². The summed E-state index contributed by atoms with van der Waals surface area (Å²) >= 11 is 0. The van der Waals surface area contributed by atoms with E-state index in [-0.39, 0.29) is 108 Å². The molecule has 0 saturated heterocycles. The largest absolute Gasteiger partial charge is 0 e. The van der Waals surface area contributed by atoms with Gasteiger partial charge in [-0.15, -0.1) is 0 Å². The predicted octanol–water partition coefficient (Wildman–Crippen LogP) is -0.388. The van der Waals surface area contributed by atoms with E-state index < -0.39 is 0 Å². The van der Waals surface area contributed by atoms with Crippen molar-refractivity contribution < 1.29 is 81.9 Å². The summed E-state index contributed by atoms with van der Waals surface area (Å²) in [4.78, 5) is 0. The van der Waals surface area contributed by atoms with Crippen LogP contribution >= 0.6 is 0 Å². The fourth-order valence-electron chi connectivity index (χ4n) is 0. The van der Waals surface area contributed by atoms with Crippen LogP contribution < -0.4 is 0 Å². The van der Waals surface area contributed by atoms with E-state index in [0.29, 0.717) is 0 Å². The van der Waals surface area contributed by atoms with Crippen molar-refractivity contribution in [2.45, 2.75) is 0 Å². The molecule has 0 amide bonds. The van der Waals surface area contributed by atoms with Crippen molar-refractivity contribution in [2.75, 3.05) is 0 Å². The molecule has 0 atom stereocenters. The first-order valence-electron chi connectivity index (χ1n) is 0. The second kappa shape index (κ2) is 15.9. The van der Waals surface area contributed by atoms with Crippen molar-refractivity contribution >= 4 is 25.8 Å². The standard InChI is InChI=1S/3Cd.In. The van der Waals surface area contributed by atoms with Gasteiger partial charge in [0.25, 0.3) is 0 Å². The maximum absolute atomic E-state index is 0. The SMILES string of the molecule is [Cd].[Cd].[Cd].[In]. The average Bonchev–Trinajstić information content (AvgIpc) is 0. The summed E-state index contributed by atoms with van der Waals surface area (Å²) in [7, 11) is 0. The van der Waals surface area contributed by atoms with Crippen molar-refractivity contribution in [1.82, 2.24) is 0 Å². The summed E-state index contributed by atoms with van der Waals surface area (Å²) in [5.74, 6) is 0. The number of rotatable bonds is 0. The van der Waals surface area contributed by atoms with Gasteiger partial charge in [0, 0.05) is 108 Å². The molecule has 0 rings (SSSR count). The first-order valence-corrected chi connectivity index (χ1v) is 0. The smallest absolute Gasteiger partial charge is 0 e. The molecule has 0 aromatic heterocycles. The van der Waals surface area contributed by atoms with Gasteiger partial charge in [0.1, 0.15) is 0 Å². The Morgan fingerprint density at radius 1 is 0.500 bits per heavy atom. The minimum absolute atomic E-state index is 0. The molecule has 0 aromatic rings. The molecule has 4 heteroatoms. The van der Waals surface area contributed by atoms with Crippen LogP contribution in [0.5, 0.6) is 0 Å². The van der Waals surface area contributed by atoms with Crippen LogP contribution in [-0.4, -0.2) is 25.8 Å². The maximum Gasteiger partial charge on any atom is 0 e. The van der Waals surface area contributed by atoms with Crippen molar-refractivity contribution in [1.29, 1.82) is 0 Å². The van der Waals surface area contributed by atoms with Crippen LogP contribution in [0, 0.1) is 0 Å². The summed E-state index contributed by atoms with van der Waals surface area (Å²) in [5, 5.41) is 0. The van der Waals surface area contributed by atoms with Crippen LogP contribution in [0.4, 0.5) is 0 Å². The van der Waals surface area contributed by atoms with Gasteiger partial charge >= 0.3 is 0 Å². The molecule has 0 aromatic carbocycles. The van der Waals surface area contributed by atoms with Crippen LogP contribution in [-0.2, 0) is 81.9 Å². The van der Waals surface area contributed by atoms with E-state index in [9.17, 15) is 0 Å². The molecule has 0 fully saturated rings. The van der Waals surface area contributed by atoms with Crippen LogP contribution in [0.2, 0.25) is 0 Å². The Labute approximate surface area is 105 Å². The second-order valence-corrected chi connectivity index (χ2v) is 0. The first kappa shape index (κ1) is 25.4. The van der Waals surface area contributed by atoms with Crippen LogP contribution in [0.3, 0.4) is 0 Å². The molecule has 0 N–H and O–H groups in total. The summed E-state index contributed by atoms with van der Waals surface area (Å²) < 4.78 is 0. The molecule has 0 aliphatic rings. The maximum atomic E-state index is 0. The molecule has 4 heavy (non-hydrogen) atoms. The molecular weight excluding hydrogens is 452 g/mol. The summed E-state index contributed by atoms with van der Waals surface area (Å²) in [5.41, 5.74) is 0.